The molecular weight excluding hydrogens is 290 g/mol. The van der Waals surface area contributed by atoms with Crippen LogP contribution in [0, 0.1) is 0 Å². The Morgan fingerprint density at radius 2 is 2.14 bits per heavy atom. The highest BCUT2D eigenvalue weighted by atomic mass is 35.5. The van der Waals surface area contributed by atoms with Gasteiger partial charge in [-0.05, 0) is 17.7 Å². The molecule has 1 fully saturated rings. The number of fused-ring (bicyclic) bond motifs is 1. The number of amides is 1. The number of nitrogens with zero attached hydrogens (tertiary/aromatic N) is 2. The van der Waals surface area contributed by atoms with Crippen LogP contribution in [0.2, 0.25) is 5.02 Å². The lowest BCUT2D eigenvalue weighted by molar-refractivity contribution is -0.134. The summed E-state index contributed by atoms with van der Waals surface area (Å²) in [6.45, 7) is 1.19. The minimum atomic E-state index is -0.278. The number of hydrogen-bond acceptors (Lipinski definition) is 3. The zero-order valence-electron chi connectivity index (χ0n) is 11.3. The Bertz CT molecular complexity index is 678. The molecule has 2 unspecified atom stereocenters. The molecule has 5 nitrogen and oxygen atoms in total. The molecule has 4 rings (SSSR count). The Hall–Kier alpha value is -1.85. The molecule has 0 saturated carbocycles. The average Bonchev–Trinajstić information content (AvgIpc) is 3.24. The number of carbonyl (C=O) groups excluding carboxylic acids is 1. The van der Waals surface area contributed by atoms with Gasteiger partial charge in [0.05, 0.1) is 18.6 Å². The first kappa shape index (κ1) is 12.9. The van der Waals surface area contributed by atoms with E-state index in [0.717, 1.165) is 23.4 Å². The molecule has 21 heavy (non-hydrogen) atoms. The molecule has 1 saturated heterocycles. The van der Waals surface area contributed by atoms with Crippen molar-refractivity contribution in [2.24, 2.45) is 0 Å². The Morgan fingerprint density at radius 1 is 1.38 bits per heavy atom. The van der Waals surface area contributed by atoms with Gasteiger partial charge >= 0.3 is 0 Å². The number of imidazole rings is 1. The number of aromatic nitrogens is 2. The van der Waals surface area contributed by atoms with Gasteiger partial charge in [-0.3, -0.25) is 4.79 Å². The summed E-state index contributed by atoms with van der Waals surface area (Å²) in [6.07, 6.45) is 2.20. The van der Waals surface area contributed by atoms with Gasteiger partial charge in [0.25, 0.3) is 5.91 Å². The number of H-pyrrole nitrogens is 1. The first-order valence-electron chi connectivity index (χ1n) is 6.94. The van der Waals surface area contributed by atoms with Crippen LogP contribution < -0.4 is 0 Å². The molecule has 2 aliphatic heterocycles. The number of hydrogen-bond donors (Lipinski definition) is 1. The largest absolute Gasteiger partial charge is 0.363 e. The Balaban J connectivity index is 1.77. The second-order valence-corrected chi connectivity index (χ2v) is 5.76. The van der Waals surface area contributed by atoms with Gasteiger partial charge in [-0.1, -0.05) is 23.7 Å². The second kappa shape index (κ2) is 4.86. The summed E-state index contributed by atoms with van der Waals surface area (Å²) in [5, 5.41) is 0.681. The van der Waals surface area contributed by atoms with Gasteiger partial charge in [-0.2, -0.15) is 0 Å². The molecular formula is C15H14ClN3O2. The SMILES string of the molecule is O=C(C1CO1)N1CCc2[nH]cnc2C1c1ccc(Cl)cc1. The van der Waals surface area contributed by atoms with Crippen LogP contribution in [0.5, 0.6) is 0 Å². The first-order valence-corrected chi connectivity index (χ1v) is 7.31. The third kappa shape index (κ3) is 2.22. The summed E-state index contributed by atoms with van der Waals surface area (Å²) in [6, 6.07) is 7.41. The highest BCUT2D eigenvalue weighted by Gasteiger charge is 2.41. The zero-order valence-corrected chi connectivity index (χ0v) is 12.0. The van der Waals surface area contributed by atoms with Crippen molar-refractivity contribution in [1.29, 1.82) is 0 Å². The van der Waals surface area contributed by atoms with E-state index in [1.54, 1.807) is 6.33 Å². The van der Waals surface area contributed by atoms with E-state index < -0.39 is 0 Å². The number of aromatic amines is 1. The van der Waals surface area contributed by atoms with Gasteiger partial charge in [0.1, 0.15) is 6.04 Å². The molecule has 108 valence electrons. The third-order valence-electron chi connectivity index (χ3n) is 4.00. The van der Waals surface area contributed by atoms with Crippen LogP contribution in [0.1, 0.15) is 23.0 Å². The highest BCUT2D eigenvalue weighted by molar-refractivity contribution is 6.30. The molecule has 6 heteroatoms. The van der Waals surface area contributed by atoms with Crippen molar-refractivity contribution in [3.05, 3.63) is 52.6 Å². The van der Waals surface area contributed by atoms with Crippen LogP contribution in [0.4, 0.5) is 0 Å². The minimum Gasteiger partial charge on any atom is -0.363 e. The Kier molecular flexibility index (Phi) is 2.97. The lowest BCUT2D eigenvalue weighted by Gasteiger charge is -2.35. The standard InChI is InChI=1S/C15H14ClN3O2/c16-10-3-1-9(2-4-10)14-13-11(17-8-18-13)5-6-19(14)15(20)12-7-21-12/h1-4,8,12,14H,5-7H2,(H,17,18). The maximum Gasteiger partial charge on any atom is 0.254 e. The molecule has 1 aromatic carbocycles. The lowest BCUT2D eigenvalue weighted by atomic mass is 9.95. The summed E-state index contributed by atoms with van der Waals surface area (Å²) < 4.78 is 5.16. The Morgan fingerprint density at radius 3 is 2.86 bits per heavy atom. The fourth-order valence-corrected chi connectivity index (χ4v) is 3.00. The van der Waals surface area contributed by atoms with E-state index in [0.29, 0.717) is 18.2 Å². The molecule has 0 radical (unpaired) electrons. The van der Waals surface area contributed by atoms with Crippen molar-refractivity contribution in [2.45, 2.75) is 18.6 Å². The highest BCUT2D eigenvalue weighted by Crippen LogP contribution is 2.35. The molecule has 0 bridgehead atoms. The first-order chi connectivity index (χ1) is 10.2. The van der Waals surface area contributed by atoms with Crippen molar-refractivity contribution >= 4 is 17.5 Å². The number of halogens is 1. The summed E-state index contributed by atoms with van der Waals surface area (Å²) >= 11 is 5.97. The predicted molar refractivity (Wildman–Crippen MR) is 77.0 cm³/mol. The van der Waals surface area contributed by atoms with Gasteiger partial charge < -0.3 is 14.6 Å². The van der Waals surface area contributed by atoms with E-state index in [2.05, 4.69) is 9.97 Å². The quantitative estimate of drug-likeness (QED) is 0.862. The van der Waals surface area contributed by atoms with E-state index in [9.17, 15) is 4.79 Å². The molecule has 3 heterocycles. The van der Waals surface area contributed by atoms with Gasteiger partial charge in [-0.15, -0.1) is 0 Å². The van der Waals surface area contributed by atoms with Crippen LogP contribution >= 0.6 is 11.6 Å². The molecule has 1 N–H and O–H groups in total. The van der Waals surface area contributed by atoms with Gasteiger partial charge in [0.2, 0.25) is 0 Å². The number of carbonyl (C=O) groups is 1. The van der Waals surface area contributed by atoms with Crippen LogP contribution in [0.3, 0.4) is 0 Å². The zero-order chi connectivity index (χ0) is 14.4. The monoisotopic (exact) mass is 303 g/mol. The normalized spacial score (nSPS) is 23.8. The number of ether oxygens (including phenoxy) is 1. The minimum absolute atomic E-state index is 0.0450. The smallest absolute Gasteiger partial charge is 0.254 e. The summed E-state index contributed by atoms with van der Waals surface area (Å²) in [5.74, 6) is 0.0450. The number of rotatable bonds is 2. The molecule has 1 aromatic heterocycles. The molecule has 0 aliphatic carbocycles. The van der Waals surface area contributed by atoms with E-state index in [-0.39, 0.29) is 18.1 Å². The fourth-order valence-electron chi connectivity index (χ4n) is 2.87. The number of nitrogens with one attached hydrogen (secondary N) is 1. The van der Waals surface area contributed by atoms with Gasteiger partial charge in [0, 0.05) is 23.7 Å². The Labute approximate surface area is 126 Å². The van der Waals surface area contributed by atoms with E-state index in [1.165, 1.54) is 0 Å². The predicted octanol–water partition coefficient (Wildman–Crippen LogP) is 1.94. The second-order valence-electron chi connectivity index (χ2n) is 5.32. The van der Waals surface area contributed by atoms with Gasteiger partial charge in [0.15, 0.2) is 6.10 Å². The van der Waals surface area contributed by atoms with Crippen molar-refractivity contribution in [1.82, 2.24) is 14.9 Å². The van der Waals surface area contributed by atoms with E-state index >= 15 is 0 Å². The van der Waals surface area contributed by atoms with Crippen LogP contribution in [-0.2, 0) is 16.0 Å². The summed E-state index contributed by atoms with van der Waals surface area (Å²) in [5.41, 5.74) is 3.02. The van der Waals surface area contributed by atoms with E-state index in [4.69, 9.17) is 16.3 Å². The van der Waals surface area contributed by atoms with E-state index in [1.807, 2.05) is 29.2 Å². The van der Waals surface area contributed by atoms with Crippen LogP contribution in [0.15, 0.2) is 30.6 Å². The number of benzene rings is 1. The molecule has 2 atom stereocenters. The molecule has 1 amide bonds. The average molecular weight is 304 g/mol. The maximum atomic E-state index is 12.5. The van der Waals surface area contributed by atoms with Crippen LogP contribution in [0.25, 0.3) is 0 Å². The molecule has 0 spiro atoms. The summed E-state index contributed by atoms with van der Waals surface area (Å²) in [7, 11) is 0. The third-order valence-corrected chi connectivity index (χ3v) is 4.25. The van der Waals surface area contributed by atoms with Gasteiger partial charge in [-0.25, -0.2) is 4.98 Å². The van der Waals surface area contributed by atoms with Crippen molar-refractivity contribution < 1.29 is 9.53 Å². The fraction of sp³-hybridized carbons (Fsp3) is 0.333. The topological polar surface area (TPSA) is 61.5 Å². The molecule has 2 aromatic rings. The van der Waals surface area contributed by atoms with Crippen molar-refractivity contribution in [2.75, 3.05) is 13.2 Å². The van der Waals surface area contributed by atoms with Crippen molar-refractivity contribution in [3.63, 3.8) is 0 Å². The molecule has 2 aliphatic rings. The maximum absolute atomic E-state index is 12.5. The lowest BCUT2D eigenvalue weighted by Crippen LogP contribution is -2.42. The number of epoxide rings is 1. The summed E-state index contributed by atoms with van der Waals surface area (Å²) in [4.78, 5) is 21.9. The van der Waals surface area contributed by atoms with Crippen LogP contribution in [-0.4, -0.2) is 40.0 Å². The van der Waals surface area contributed by atoms with Crippen molar-refractivity contribution in [3.8, 4) is 0 Å².